The maximum Gasteiger partial charge on any atom is 0.251 e. The molecule has 0 spiro atoms. The van der Waals surface area contributed by atoms with Crippen molar-refractivity contribution in [3.8, 4) is 0 Å². The van der Waals surface area contributed by atoms with Crippen molar-refractivity contribution in [2.45, 2.75) is 84.4 Å². The standard InChI is InChI=1S/C19H32N2O3/c1-13(2)21-17-9-6-5-8-15(17)16(19(21)23)12-18(22)20-10-7-11-24-14(3)4/h13-14,17H,5-12H2,1-4H3,(H,20,22). The summed E-state index contributed by atoms with van der Waals surface area (Å²) in [5.41, 5.74) is 1.97. The van der Waals surface area contributed by atoms with Crippen molar-refractivity contribution in [3.63, 3.8) is 0 Å². The number of carbonyl (C=O) groups excluding carboxylic acids is 2. The van der Waals surface area contributed by atoms with Crippen molar-refractivity contribution in [1.29, 1.82) is 0 Å². The molecule has 24 heavy (non-hydrogen) atoms. The van der Waals surface area contributed by atoms with Crippen LogP contribution < -0.4 is 5.32 Å². The highest BCUT2D eigenvalue weighted by Gasteiger charge is 2.41. The first-order valence-electron chi connectivity index (χ1n) is 9.34. The lowest BCUT2D eigenvalue weighted by Crippen LogP contribution is -2.41. The Labute approximate surface area is 145 Å². The van der Waals surface area contributed by atoms with E-state index in [-0.39, 0.29) is 36.4 Å². The maximum atomic E-state index is 12.8. The summed E-state index contributed by atoms with van der Waals surface area (Å²) in [6.45, 7) is 9.36. The summed E-state index contributed by atoms with van der Waals surface area (Å²) in [5.74, 6) is 0.0236. The van der Waals surface area contributed by atoms with Gasteiger partial charge in [0.1, 0.15) is 0 Å². The van der Waals surface area contributed by atoms with Crippen LogP contribution >= 0.6 is 0 Å². The van der Waals surface area contributed by atoms with Gasteiger partial charge in [-0.1, -0.05) is 6.42 Å². The molecular formula is C19H32N2O3. The highest BCUT2D eigenvalue weighted by molar-refractivity contribution is 6.02. The van der Waals surface area contributed by atoms with E-state index in [9.17, 15) is 9.59 Å². The fourth-order valence-corrected chi connectivity index (χ4v) is 3.71. The Morgan fingerprint density at radius 2 is 2.04 bits per heavy atom. The third-order valence-corrected chi connectivity index (χ3v) is 4.78. The Balaban J connectivity index is 1.90. The van der Waals surface area contributed by atoms with Crippen LogP contribution in [0.3, 0.4) is 0 Å². The van der Waals surface area contributed by atoms with Crippen LogP contribution in [0.25, 0.3) is 0 Å². The van der Waals surface area contributed by atoms with Crippen molar-refractivity contribution in [1.82, 2.24) is 10.2 Å². The molecule has 5 nitrogen and oxygen atoms in total. The SMILES string of the molecule is CC(C)OCCCNC(=O)CC1=C2CCCCC2N(C(C)C)C1=O. The van der Waals surface area contributed by atoms with Crippen LogP contribution in [0.1, 0.15) is 66.2 Å². The zero-order chi connectivity index (χ0) is 17.7. The molecule has 0 aromatic carbocycles. The lowest BCUT2D eigenvalue weighted by molar-refractivity contribution is -0.130. The average molecular weight is 336 g/mol. The molecule has 136 valence electrons. The van der Waals surface area contributed by atoms with E-state index in [1.165, 1.54) is 12.0 Å². The van der Waals surface area contributed by atoms with Gasteiger partial charge in [-0.3, -0.25) is 9.59 Å². The van der Waals surface area contributed by atoms with Gasteiger partial charge in [0.25, 0.3) is 5.91 Å². The summed E-state index contributed by atoms with van der Waals surface area (Å²) in [5, 5.41) is 2.92. The minimum Gasteiger partial charge on any atom is -0.379 e. The predicted octanol–water partition coefficient (Wildman–Crippen LogP) is 2.80. The number of hydrogen-bond donors (Lipinski definition) is 1. The van der Waals surface area contributed by atoms with Crippen molar-refractivity contribution < 1.29 is 14.3 Å². The first-order valence-corrected chi connectivity index (χ1v) is 9.34. The van der Waals surface area contributed by atoms with Gasteiger partial charge in [0.15, 0.2) is 0 Å². The van der Waals surface area contributed by atoms with Gasteiger partial charge in [-0.15, -0.1) is 0 Å². The number of carbonyl (C=O) groups is 2. The number of hydrogen-bond acceptors (Lipinski definition) is 3. The average Bonchev–Trinajstić information content (AvgIpc) is 2.79. The first-order chi connectivity index (χ1) is 11.4. The molecular weight excluding hydrogens is 304 g/mol. The predicted molar refractivity (Wildman–Crippen MR) is 94.6 cm³/mol. The minimum atomic E-state index is -0.0506. The summed E-state index contributed by atoms with van der Waals surface area (Å²) in [4.78, 5) is 27.0. The molecule has 1 fully saturated rings. The molecule has 1 aliphatic carbocycles. The van der Waals surface area contributed by atoms with Crippen molar-refractivity contribution in [3.05, 3.63) is 11.1 Å². The number of ether oxygens (including phenoxy) is 1. The number of nitrogens with one attached hydrogen (secondary N) is 1. The van der Waals surface area contributed by atoms with E-state index < -0.39 is 0 Å². The molecule has 1 N–H and O–H groups in total. The second kappa shape index (κ2) is 8.65. The van der Waals surface area contributed by atoms with Crippen LogP contribution in [0.15, 0.2) is 11.1 Å². The fraction of sp³-hybridized carbons (Fsp3) is 0.789. The zero-order valence-electron chi connectivity index (χ0n) is 15.6. The normalized spacial score (nSPS) is 21.0. The molecule has 2 amide bonds. The van der Waals surface area contributed by atoms with Crippen LogP contribution in [0.5, 0.6) is 0 Å². The largest absolute Gasteiger partial charge is 0.379 e. The number of nitrogens with zero attached hydrogens (tertiary/aromatic N) is 1. The second-order valence-corrected chi connectivity index (χ2v) is 7.37. The van der Waals surface area contributed by atoms with Gasteiger partial charge in [-0.05, 0) is 59.0 Å². The monoisotopic (exact) mass is 336 g/mol. The van der Waals surface area contributed by atoms with E-state index in [0.717, 1.165) is 31.3 Å². The fourth-order valence-electron chi connectivity index (χ4n) is 3.71. The van der Waals surface area contributed by atoms with Crippen LogP contribution in [-0.2, 0) is 14.3 Å². The van der Waals surface area contributed by atoms with Gasteiger partial charge in [-0.2, -0.15) is 0 Å². The smallest absolute Gasteiger partial charge is 0.251 e. The van der Waals surface area contributed by atoms with Crippen molar-refractivity contribution in [2.75, 3.05) is 13.2 Å². The van der Waals surface area contributed by atoms with Gasteiger partial charge >= 0.3 is 0 Å². The molecule has 2 rings (SSSR count). The molecule has 1 unspecified atom stereocenters. The first kappa shape index (κ1) is 19.0. The van der Waals surface area contributed by atoms with E-state index in [0.29, 0.717) is 13.2 Å². The van der Waals surface area contributed by atoms with Gasteiger partial charge in [0.05, 0.1) is 18.6 Å². The lowest BCUT2D eigenvalue weighted by atomic mass is 9.88. The van der Waals surface area contributed by atoms with Crippen molar-refractivity contribution in [2.24, 2.45) is 0 Å². The van der Waals surface area contributed by atoms with E-state index in [4.69, 9.17) is 4.74 Å². The lowest BCUT2D eigenvalue weighted by Gasteiger charge is -2.33. The molecule has 0 aromatic heterocycles. The molecule has 1 saturated carbocycles. The second-order valence-electron chi connectivity index (χ2n) is 7.37. The van der Waals surface area contributed by atoms with Crippen LogP contribution in [0.4, 0.5) is 0 Å². The summed E-state index contributed by atoms with van der Waals surface area (Å²) >= 11 is 0. The van der Waals surface area contributed by atoms with Gasteiger partial charge in [0.2, 0.25) is 5.91 Å². The Hall–Kier alpha value is -1.36. The summed E-state index contributed by atoms with van der Waals surface area (Å²) in [7, 11) is 0. The Bertz CT molecular complexity index is 497. The molecule has 1 atom stereocenters. The number of amides is 2. The van der Waals surface area contributed by atoms with Gasteiger partial charge in [-0.25, -0.2) is 0 Å². The van der Waals surface area contributed by atoms with E-state index in [1.54, 1.807) is 0 Å². The molecule has 0 bridgehead atoms. The third-order valence-electron chi connectivity index (χ3n) is 4.78. The van der Waals surface area contributed by atoms with E-state index in [2.05, 4.69) is 19.2 Å². The molecule has 0 radical (unpaired) electrons. The topological polar surface area (TPSA) is 58.6 Å². The van der Waals surface area contributed by atoms with E-state index in [1.807, 2.05) is 18.7 Å². The molecule has 2 aliphatic rings. The number of fused-ring (bicyclic) bond motifs is 1. The summed E-state index contributed by atoms with van der Waals surface area (Å²) in [6.07, 6.45) is 5.53. The Kier molecular flexibility index (Phi) is 6.84. The quantitative estimate of drug-likeness (QED) is 0.694. The van der Waals surface area contributed by atoms with Gasteiger partial charge in [0, 0.05) is 24.8 Å². The highest BCUT2D eigenvalue weighted by Crippen LogP contribution is 2.38. The summed E-state index contributed by atoms with van der Waals surface area (Å²) in [6, 6.07) is 0.415. The third kappa shape index (κ3) is 4.59. The molecule has 5 heteroatoms. The van der Waals surface area contributed by atoms with Crippen molar-refractivity contribution >= 4 is 11.8 Å². The zero-order valence-corrected chi connectivity index (χ0v) is 15.6. The molecule has 1 aliphatic heterocycles. The highest BCUT2D eigenvalue weighted by atomic mass is 16.5. The molecule has 0 aromatic rings. The van der Waals surface area contributed by atoms with Crippen LogP contribution in [-0.4, -0.2) is 48.1 Å². The summed E-state index contributed by atoms with van der Waals surface area (Å²) < 4.78 is 5.46. The van der Waals surface area contributed by atoms with Gasteiger partial charge < -0.3 is 15.0 Å². The Morgan fingerprint density at radius 1 is 1.29 bits per heavy atom. The number of rotatable bonds is 8. The molecule has 0 saturated heterocycles. The minimum absolute atomic E-state index is 0.0506. The maximum absolute atomic E-state index is 12.8. The van der Waals surface area contributed by atoms with E-state index >= 15 is 0 Å². The van der Waals surface area contributed by atoms with Crippen LogP contribution in [0.2, 0.25) is 0 Å². The molecule has 1 heterocycles. The van der Waals surface area contributed by atoms with Crippen LogP contribution in [0, 0.1) is 0 Å². The Morgan fingerprint density at radius 3 is 2.71 bits per heavy atom.